The van der Waals surface area contributed by atoms with Crippen LogP contribution in [0.25, 0.3) is 5.69 Å². The number of nitrogens with zero attached hydrogens (tertiary/aromatic N) is 4. The van der Waals surface area contributed by atoms with E-state index in [2.05, 4.69) is 27.0 Å². The monoisotopic (exact) mass is 702 g/mol. The molecule has 0 aliphatic carbocycles. The Kier molecular flexibility index (Phi) is 13.6. The van der Waals surface area contributed by atoms with E-state index in [9.17, 15) is 18.8 Å². The molecule has 0 spiro atoms. The van der Waals surface area contributed by atoms with Crippen molar-refractivity contribution in [2.75, 3.05) is 44.4 Å². The third-order valence-electron chi connectivity index (χ3n) is 8.27. The number of pyridine rings is 1. The summed E-state index contributed by atoms with van der Waals surface area (Å²) < 4.78 is 41.9. The SMILES string of the molecule is CC.COCCN1CCC(CC#Cc2c(Oc3ccc(NC(=O)c4cn(C(C)C)c(=O)n(-c5ccc(F)cc5)c4=O)cc3F)ccnc2N)CC1. The van der Waals surface area contributed by atoms with Crippen LogP contribution in [0.15, 0.2) is 70.5 Å². The number of piperidine rings is 1. The summed E-state index contributed by atoms with van der Waals surface area (Å²) in [6, 6.07) is 9.63. The molecule has 2 aromatic heterocycles. The number of ether oxygens (including phenoxy) is 2. The van der Waals surface area contributed by atoms with Gasteiger partial charge >= 0.3 is 5.69 Å². The molecule has 13 heteroatoms. The van der Waals surface area contributed by atoms with Crippen LogP contribution in [-0.2, 0) is 4.74 Å². The molecule has 51 heavy (non-hydrogen) atoms. The first-order valence-electron chi connectivity index (χ1n) is 16.9. The van der Waals surface area contributed by atoms with E-state index in [1.165, 1.54) is 35.0 Å². The van der Waals surface area contributed by atoms with E-state index in [0.717, 1.165) is 61.4 Å². The molecule has 3 N–H and O–H groups in total. The molecule has 1 fully saturated rings. The van der Waals surface area contributed by atoms with Gasteiger partial charge in [-0.1, -0.05) is 25.7 Å². The first-order chi connectivity index (χ1) is 24.5. The number of halogens is 2. The molecular formula is C38H44F2N6O5. The molecule has 0 atom stereocenters. The first-order valence-corrected chi connectivity index (χ1v) is 16.9. The van der Waals surface area contributed by atoms with E-state index < -0.39 is 34.8 Å². The van der Waals surface area contributed by atoms with Gasteiger partial charge in [-0.25, -0.2) is 23.1 Å². The molecule has 0 saturated carbocycles. The number of likely N-dealkylation sites (tertiary alicyclic amines) is 1. The minimum atomic E-state index is -0.914. The summed E-state index contributed by atoms with van der Waals surface area (Å²) in [5.41, 5.74) is 4.60. The molecule has 270 valence electrons. The highest BCUT2D eigenvalue weighted by atomic mass is 19.1. The number of amides is 1. The van der Waals surface area contributed by atoms with E-state index in [4.69, 9.17) is 15.2 Å². The predicted molar refractivity (Wildman–Crippen MR) is 194 cm³/mol. The maximum Gasteiger partial charge on any atom is 0.335 e. The molecule has 0 radical (unpaired) electrons. The number of benzene rings is 2. The van der Waals surface area contributed by atoms with Gasteiger partial charge in [0.15, 0.2) is 11.6 Å². The number of aromatic nitrogens is 3. The molecule has 5 rings (SSSR count). The fourth-order valence-corrected chi connectivity index (χ4v) is 5.48. The maximum atomic E-state index is 15.3. The van der Waals surface area contributed by atoms with Gasteiger partial charge in [0.2, 0.25) is 0 Å². The van der Waals surface area contributed by atoms with Crippen molar-refractivity contribution >= 4 is 17.4 Å². The topological polar surface area (TPSA) is 134 Å². The van der Waals surface area contributed by atoms with E-state index >= 15 is 4.39 Å². The van der Waals surface area contributed by atoms with Crippen LogP contribution in [0.5, 0.6) is 11.5 Å². The van der Waals surface area contributed by atoms with Crippen molar-refractivity contribution < 1.29 is 23.0 Å². The van der Waals surface area contributed by atoms with Gasteiger partial charge in [-0.15, -0.1) is 0 Å². The highest BCUT2D eigenvalue weighted by Crippen LogP contribution is 2.31. The first kappa shape index (κ1) is 38.5. The van der Waals surface area contributed by atoms with Crippen LogP contribution in [0.4, 0.5) is 20.3 Å². The van der Waals surface area contributed by atoms with Crippen molar-refractivity contribution in [3.8, 4) is 29.0 Å². The Labute approximate surface area is 296 Å². The molecule has 0 unspecified atom stereocenters. The van der Waals surface area contributed by atoms with Gasteiger partial charge < -0.3 is 25.4 Å². The third-order valence-corrected chi connectivity index (χ3v) is 8.27. The molecule has 2 aromatic carbocycles. The molecule has 1 amide bonds. The molecular weight excluding hydrogens is 658 g/mol. The normalized spacial score (nSPS) is 13.2. The van der Waals surface area contributed by atoms with Crippen LogP contribution in [-0.4, -0.2) is 58.3 Å². The van der Waals surface area contributed by atoms with Crippen LogP contribution >= 0.6 is 0 Å². The summed E-state index contributed by atoms with van der Waals surface area (Å²) in [5, 5.41) is 2.51. The average Bonchev–Trinajstić information content (AvgIpc) is 3.11. The summed E-state index contributed by atoms with van der Waals surface area (Å²) in [4.78, 5) is 46.2. The lowest BCUT2D eigenvalue weighted by Crippen LogP contribution is -2.42. The molecule has 1 aliphatic heterocycles. The largest absolute Gasteiger partial charge is 0.453 e. The number of carbonyl (C=O) groups is 1. The summed E-state index contributed by atoms with van der Waals surface area (Å²) in [7, 11) is 1.70. The quantitative estimate of drug-likeness (QED) is 0.192. The number of nitrogens with one attached hydrogen (secondary N) is 1. The van der Waals surface area contributed by atoms with Crippen molar-refractivity contribution in [1.82, 2.24) is 19.0 Å². The maximum absolute atomic E-state index is 15.3. The number of rotatable bonds is 10. The highest BCUT2D eigenvalue weighted by molar-refractivity contribution is 6.03. The molecule has 1 saturated heterocycles. The Bertz CT molecular complexity index is 1990. The lowest BCUT2D eigenvalue weighted by atomic mass is 9.94. The Morgan fingerprint density at radius 3 is 2.41 bits per heavy atom. The van der Waals surface area contributed by atoms with Crippen molar-refractivity contribution in [2.24, 2.45) is 5.92 Å². The number of hydrogen-bond donors (Lipinski definition) is 2. The van der Waals surface area contributed by atoms with Crippen molar-refractivity contribution in [2.45, 2.75) is 53.0 Å². The zero-order valence-electron chi connectivity index (χ0n) is 29.5. The fourth-order valence-electron chi connectivity index (χ4n) is 5.48. The standard InChI is InChI=1S/C36H38F2N6O5.C2H6/c1-23(2)43-22-29(35(46)44(36(43)47)27-10-7-25(37)8-11-27)34(45)41-26-9-12-32(30(38)21-26)49-31-13-16-40-33(39)28(31)6-4-5-24-14-17-42(18-15-24)19-20-48-3;1-2/h7-13,16,21-24H,5,14-15,17-20H2,1-3H3,(H2,39,40)(H,41,45);1-2H3. The van der Waals surface area contributed by atoms with Gasteiger partial charge in [0.1, 0.15) is 28.5 Å². The fraction of sp³-hybridized carbons (Fsp3) is 0.368. The van der Waals surface area contributed by atoms with E-state index in [1.807, 2.05) is 13.8 Å². The number of methoxy groups -OCH3 is 1. The number of nitrogens with two attached hydrogens (primary N) is 1. The smallest absolute Gasteiger partial charge is 0.335 e. The van der Waals surface area contributed by atoms with E-state index in [1.54, 1.807) is 27.0 Å². The molecule has 1 aliphatic rings. The summed E-state index contributed by atoms with van der Waals surface area (Å²) in [6.45, 7) is 11.0. The minimum Gasteiger partial charge on any atom is -0.453 e. The Hall–Kier alpha value is -5.32. The summed E-state index contributed by atoms with van der Waals surface area (Å²) in [5.74, 6) is 4.70. The van der Waals surface area contributed by atoms with Gasteiger partial charge in [0.05, 0.1) is 12.3 Å². The number of hydrogen-bond acceptors (Lipinski definition) is 8. The van der Waals surface area contributed by atoms with Crippen LogP contribution in [0.2, 0.25) is 0 Å². The number of anilines is 2. The predicted octanol–water partition coefficient (Wildman–Crippen LogP) is 6.01. The van der Waals surface area contributed by atoms with Crippen LogP contribution < -0.4 is 27.0 Å². The highest BCUT2D eigenvalue weighted by Gasteiger charge is 2.21. The Morgan fingerprint density at radius 1 is 1.06 bits per heavy atom. The summed E-state index contributed by atoms with van der Waals surface area (Å²) >= 11 is 0. The van der Waals surface area contributed by atoms with Gasteiger partial charge in [-0.3, -0.25) is 14.2 Å². The summed E-state index contributed by atoms with van der Waals surface area (Å²) in [6.07, 6.45) is 5.33. The second-order valence-electron chi connectivity index (χ2n) is 12.0. The molecule has 3 heterocycles. The van der Waals surface area contributed by atoms with Crippen molar-refractivity contribution in [1.29, 1.82) is 0 Å². The van der Waals surface area contributed by atoms with Crippen LogP contribution in [0, 0.1) is 29.4 Å². The Balaban J connectivity index is 0.00000286. The molecule has 0 bridgehead atoms. The van der Waals surface area contributed by atoms with Crippen molar-refractivity contribution in [3.05, 3.63) is 105 Å². The van der Waals surface area contributed by atoms with E-state index in [-0.39, 0.29) is 34.3 Å². The zero-order chi connectivity index (χ0) is 37.1. The van der Waals surface area contributed by atoms with Crippen LogP contribution in [0.1, 0.15) is 68.9 Å². The lowest BCUT2D eigenvalue weighted by Gasteiger charge is -2.30. The second-order valence-corrected chi connectivity index (χ2v) is 12.0. The Morgan fingerprint density at radius 2 is 1.76 bits per heavy atom. The van der Waals surface area contributed by atoms with Gasteiger partial charge in [0.25, 0.3) is 11.5 Å². The second kappa shape index (κ2) is 18.1. The zero-order valence-corrected chi connectivity index (χ0v) is 29.5. The minimum absolute atomic E-state index is 0.0346. The van der Waals surface area contributed by atoms with E-state index in [0.29, 0.717) is 24.5 Å². The number of carbonyl (C=O) groups excluding carboxylic acids is 1. The molecule has 11 nitrogen and oxygen atoms in total. The van der Waals surface area contributed by atoms with Gasteiger partial charge in [0, 0.05) is 56.3 Å². The van der Waals surface area contributed by atoms with Crippen LogP contribution in [0.3, 0.4) is 0 Å². The molecule has 4 aromatic rings. The average molecular weight is 703 g/mol. The van der Waals surface area contributed by atoms with Gasteiger partial charge in [-0.05, 0) is 82.1 Å². The third kappa shape index (κ3) is 9.68. The van der Waals surface area contributed by atoms with Crippen molar-refractivity contribution in [3.63, 3.8) is 0 Å². The van der Waals surface area contributed by atoms with Gasteiger partial charge in [-0.2, -0.15) is 0 Å². The number of nitrogen functional groups attached to an aromatic ring is 1. The lowest BCUT2D eigenvalue weighted by molar-refractivity contribution is 0.102.